The summed E-state index contributed by atoms with van der Waals surface area (Å²) in [7, 11) is 1.58. The second-order valence-corrected chi connectivity index (χ2v) is 5.98. The molecular formula is C21H27NO3. The van der Waals surface area contributed by atoms with Crippen LogP contribution in [0.1, 0.15) is 48.2 Å². The van der Waals surface area contributed by atoms with Crippen LogP contribution in [0.2, 0.25) is 0 Å². The number of benzene rings is 2. The van der Waals surface area contributed by atoms with Gasteiger partial charge in [-0.15, -0.1) is 0 Å². The third-order valence-corrected chi connectivity index (χ3v) is 4.16. The summed E-state index contributed by atoms with van der Waals surface area (Å²) in [6.45, 7) is 6.83. The average molecular weight is 341 g/mol. The molecule has 2 aromatic rings. The molecule has 0 heterocycles. The first-order valence-electron chi connectivity index (χ1n) is 8.81. The monoisotopic (exact) mass is 341 g/mol. The molecule has 0 unspecified atom stereocenters. The van der Waals surface area contributed by atoms with Gasteiger partial charge in [0.2, 0.25) is 0 Å². The maximum Gasteiger partial charge on any atom is 0.255 e. The fraction of sp³-hybridized carbons (Fsp3) is 0.381. The molecule has 4 heteroatoms. The Morgan fingerprint density at radius 3 is 2.60 bits per heavy atom. The van der Waals surface area contributed by atoms with Crippen LogP contribution in [-0.4, -0.2) is 19.6 Å². The van der Waals surface area contributed by atoms with Crippen LogP contribution in [0.15, 0.2) is 36.4 Å². The molecule has 0 aliphatic heterocycles. The van der Waals surface area contributed by atoms with Crippen LogP contribution in [0.4, 0.5) is 5.69 Å². The zero-order valence-corrected chi connectivity index (χ0v) is 15.5. The van der Waals surface area contributed by atoms with E-state index >= 15 is 0 Å². The van der Waals surface area contributed by atoms with E-state index < -0.39 is 0 Å². The van der Waals surface area contributed by atoms with Crippen molar-refractivity contribution in [3.63, 3.8) is 0 Å². The number of hydrogen-bond acceptors (Lipinski definition) is 3. The number of rotatable bonds is 8. The first-order valence-corrected chi connectivity index (χ1v) is 8.81. The Labute approximate surface area is 150 Å². The zero-order chi connectivity index (χ0) is 18.2. The Balaban J connectivity index is 2.20. The maximum absolute atomic E-state index is 12.7. The Morgan fingerprint density at radius 2 is 1.92 bits per heavy atom. The number of ether oxygens (including phenoxy) is 2. The minimum atomic E-state index is -0.151. The van der Waals surface area contributed by atoms with Gasteiger partial charge in [-0.2, -0.15) is 0 Å². The largest absolute Gasteiger partial charge is 0.493 e. The highest BCUT2D eigenvalue weighted by molar-refractivity contribution is 6.05. The summed E-state index contributed by atoms with van der Waals surface area (Å²) >= 11 is 0. The molecule has 1 amide bonds. The number of amides is 1. The first kappa shape index (κ1) is 18.8. The third kappa shape index (κ3) is 4.75. The highest BCUT2D eigenvalue weighted by Gasteiger charge is 2.14. The van der Waals surface area contributed by atoms with E-state index in [1.165, 1.54) is 0 Å². The van der Waals surface area contributed by atoms with E-state index in [1.807, 2.05) is 25.1 Å². The standard InChI is InChI=1S/C21H27NO3/c1-5-7-13-25-18-12-11-17(14-19(18)24-4)21(23)22-20-15(3)9-8-10-16(20)6-2/h8-12,14H,5-7,13H2,1-4H3,(H,22,23). The van der Waals surface area contributed by atoms with E-state index in [0.717, 1.165) is 36.1 Å². The number of nitrogens with one attached hydrogen (secondary N) is 1. The Bertz CT molecular complexity index is 725. The predicted molar refractivity (Wildman–Crippen MR) is 102 cm³/mol. The van der Waals surface area contributed by atoms with Gasteiger partial charge in [-0.3, -0.25) is 4.79 Å². The molecule has 0 aliphatic carbocycles. The van der Waals surface area contributed by atoms with Crippen molar-refractivity contribution < 1.29 is 14.3 Å². The van der Waals surface area contributed by atoms with E-state index in [4.69, 9.17) is 9.47 Å². The lowest BCUT2D eigenvalue weighted by Crippen LogP contribution is -2.14. The molecule has 0 bridgehead atoms. The van der Waals surface area contributed by atoms with Gasteiger partial charge in [-0.1, -0.05) is 38.5 Å². The second-order valence-electron chi connectivity index (χ2n) is 5.98. The normalized spacial score (nSPS) is 10.4. The summed E-state index contributed by atoms with van der Waals surface area (Å²) < 4.78 is 11.1. The van der Waals surface area contributed by atoms with Crippen molar-refractivity contribution in [2.75, 3.05) is 19.0 Å². The third-order valence-electron chi connectivity index (χ3n) is 4.16. The highest BCUT2D eigenvalue weighted by atomic mass is 16.5. The van der Waals surface area contributed by atoms with E-state index in [1.54, 1.807) is 25.3 Å². The number of anilines is 1. The van der Waals surface area contributed by atoms with Gasteiger partial charge in [0.05, 0.1) is 13.7 Å². The summed E-state index contributed by atoms with van der Waals surface area (Å²) in [6.07, 6.45) is 2.92. The van der Waals surface area contributed by atoms with Crippen LogP contribution in [0, 0.1) is 6.92 Å². The summed E-state index contributed by atoms with van der Waals surface area (Å²) in [4.78, 5) is 12.7. The van der Waals surface area contributed by atoms with Gasteiger partial charge in [-0.05, 0) is 49.1 Å². The Kier molecular flexibility index (Phi) is 6.87. The van der Waals surface area contributed by atoms with Crippen LogP contribution in [0.25, 0.3) is 0 Å². The van der Waals surface area contributed by atoms with Gasteiger partial charge in [0.15, 0.2) is 11.5 Å². The number of hydrogen-bond donors (Lipinski definition) is 1. The molecule has 0 saturated heterocycles. The van der Waals surface area contributed by atoms with Gasteiger partial charge in [0, 0.05) is 11.3 Å². The highest BCUT2D eigenvalue weighted by Crippen LogP contribution is 2.29. The predicted octanol–water partition coefficient (Wildman–Crippen LogP) is 5.00. The minimum absolute atomic E-state index is 0.151. The number of methoxy groups -OCH3 is 1. The molecule has 4 nitrogen and oxygen atoms in total. The van der Waals surface area contributed by atoms with Crippen molar-refractivity contribution in [3.8, 4) is 11.5 Å². The van der Waals surface area contributed by atoms with E-state index in [2.05, 4.69) is 19.2 Å². The SMILES string of the molecule is CCCCOc1ccc(C(=O)Nc2c(C)cccc2CC)cc1OC. The van der Waals surface area contributed by atoms with Gasteiger partial charge < -0.3 is 14.8 Å². The summed E-state index contributed by atoms with van der Waals surface area (Å²) in [6, 6.07) is 11.3. The molecule has 1 N–H and O–H groups in total. The molecule has 0 saturated carbocycles. The van der Waals surface area contributed by atoms with Crippen molar-refractivity contribution in [2.24, 2.45) is 0 Å². The molecule has 0 spiro atoms. The quantitative estimate of drug-likeness (QED) is 0.688. The minimum Gasteiger partial charge on any atom is -0.493 e. The molecule has 0 atom stereocenters. The maximum atomic E-state index is 12.7. The van der Waals surface area contributed by atoms with Crippen molar-refractivity contribution in [1.82, 2.24) is 0 Å². The van der Waals surface area contributed by atoms with Crippen LogP contribution in [0.5, 0.6) is 11.5 Å². The second kappa shape index (κ2) is 9.11. The molecule has 25 heavy (non-hydrogen) atoms. The van der Waals surface area contributed by atoms with Gasteiger partial charge >= 0.3 is 0 Å². The zero-order valence-electron chi connectivity index (χ0n) is 15.5. The number of aryl methyl sites for hydroxylation is 2. The Morgan fingerprint density at radius 1 is 1.12 bits per heavy atom. The smallest absolute Gasteiger partial charge is 0.255 e. The van der Waals surface area contributed by atoms with Gasteiger partial charge in [-0.25, -0.2) is 0 Å². The van der Waals surface area contributed by atoms with E-state index in [-0.39, 0.29) is 5.91 Å². The summed E-state index contributed by atoms with van der Waals surface area (Å²) in [5, 5.41) is 3.03. The Hall–Kier alpha value is -2.49. The molecule has 134 valence electrons. The molecule has 0 radical (unpaired) electrons. The van der Waals surface area contributed by atoms with Crippen LogP contribution in [-0.2, 0) is 6.42 Å². The van der Waals surface area contributed by atoms with Crippen LogP contribution in [0.3, 0.4) is 0 Å². The van der Waals surface area contributed by atoms with Gasteiger partial charge in [0.25, 0.3) is 5.91 Å². The summed E-state index contributed by atoms with van der Waals surface area (Å²) in [5.41, 5.74) is 3.61. The number of carbonyl (C=O) groups is 1. The van der Waals surface area contributed by atoms with Crippen molar-refractivity contribution in [3.05, 3.63) is 53.1 Å². The molecule has 0 aromatic heterocycles. The van der Waals surface area contributed by atoms with Crippen molar-refractivity contribution in [2.45, 2.75) is 40.0 Å². The molecule has 0 aliphatic rings. The molecule has 2 aromatic carbocycles. The van der Waals surface area contributed by atoms with E-state index in [0.29, 0.717) is 23.7 Å². The van der Waals surface area contributed by atoms with Gasteiger partial charge in [0.1, 0.15) is 0 Å². The molecule has 2 rings (SSSR count). The van der Waals surface area contributed by atoms with Crippen molar-refractivity contribution in [1.29, 1.82) is 0 Å². The first-order chi connectivity index (χ1) is 12.1. The fourth-order valence-corrected chi connectivity index (χ4v) is 2.64. The lowest BCUT2D eigenvalue weighted by molar-refractivity contribution is 0.102. The molecular weight excluding hydrogens is 314 g/mol. The van der Waals surface area contributed by atoms with Crippen molar-refractivity contribution >= 4 is 11.6 Å². The topological polar surface area (TPSA) is 47.6 Å². The number of carbonyl (C=O) groups excluding carboxylic acids is 1. The lowest BCUT2D eigenvalue weighted by Gasteiger charge is -2.15. The molecule has 0 fully saturated rings. The average Bonchev–Trinajstić information content (AvgIpc) is 2.63. The number of unbranched alkanes of at least 4 members (excludes halogenated alkanes) is 1. The lowest BCUT2D eigenvalue weighted by atomic mass is 10.1. The van der Waals surface area contributed by atoms with Crippen LogP contribution >= 0.6 is 0 Å². The van der Waals surface area contributed by atoms with Crippen LogP contribution < -0.4 is 14.8 Å². The fourth-order valence-electron chi connectivity index (χ4n) is 2.64. The summed E-state index contributed by atoms with van der Waals surface area (Å²) in [5.74, 6) is 1.09. The van der Waals surface area contributed by atoms with E-state index in [9.17, 15) is 4.79 Å². The number of para-hydroxylation sites is 1.